The zero-order valence-electron chi connectivity index (χ0n) is 19.3. The molecule has 182 valence electrons. The lowest BCUT2D eigenvalue weighted by Gasteiger charge is -2.30. The summed E-state index contributed by atoms with van der Waals surface area (Å²) in [5.41, 5.74) is 1.14. The fourth-order valence-corrected chi connectivity index (χ4v) is 5.13. The van der Waals surface area contributed by atoms with Crippen LogP contribution in [-0.4, -0.2) is 51.3 Å². The van der Waals surface area contributed by atoms with Gasteiger partial charge in [0.25, 0.3) is 5.56 Å². The molecule has 2 fully saturated rings. The summed E-state index contributed by atoms with van der Waals surface area (Å²) in [6.07, 6.45) is 4.99. The fourth-order valence-electron chi connectivity index (χ4n) is 4.11. The molecule has 35 heavy (non-hydrogen) atoms. The third-order valence-electron chi connectivity index (χ3n) is 6.32. The highest BCUT2D eigenvalue weighted by Gasteiger charge is 2.30. The molecule has 0 unspecified atom stereocenters. The molecule has 2 aliphatic rings. The largest absolute Gasteiger partial charge is 0.353 e. The Kier molecular flexibility index (Phi) is 6.33. The number of nitrogens with one attached hydrogen (secondary N) is 2. The topological polar surface area (TPSA) is 126 Å². The minimum atomic E-state index is -0.375. The molecule has 2 amide bonds. The van der Waals surface area contributed by atoms with Gasteiger partial charge in [-0.15, -0.1) is 0 Å². The maximum atomic E-state index is 13.0. The lowest BCUT2D eigenvalue weighted by Crippen LogP contribution is -2.41. The van der Waals surface area contributed by atoms with E-state index in [0.29, 0.717) is 45.9 Å². The number of hydrogen-bond donors (Lipinski definition) is 2. The van der Waals surface area contributed by atoms with Crippen LogP contribution in [0.15, 0.2) is 35.4 Å². The molecule has 10 nitrogen and oxygen atoms in total. The number of Topliss-reactive ketones (excluding diaryl/α,β-unsaturated/α-hetero) is 1. The van der Waals surface area contributed by atoms with E-state index in [9.17, 15) is 19.2 Å². The van der Waals surface area contributed by atoms with Gasteiger partial charge < -0.3 is 15.5 Å². The average Bonchev–Trinajstić information content (AvgIpc) is 3.55. The third kappa shape index (κ3) is 5.24. The van der Waals surface area contributed by atoms with E-state index in [0.717, 1.165) is 25.7 Å². The molecule has 3 heterocycles. The summed E-state index contributed by atoms with van der Waals surface area (Å²) in [7, 11) is 0. The number of anilines is 2. The normalized spacial score (nSPS) is 16.3. The number of ketones is 1. The van der Waals surface area contributed by atoms with Gasteiger partial charge in [0.05, 0.1) is 0 Å². The van der Waals surface area contributed by atoms with E-state index >= 15 is 0 Å². The van der Waals surface area contributed by atoms with Gasteiger partial charge in [0, 0.05) is 36.3 Å². The quantitative estimate of drug-likeness (QED) is 0.482. The van der Waals surface area contributed by atoms with Gasteiger partial charge in [-0.3, -0.25) is 23.7 Å². The van der Waals surface area contributed by atoms with Crippen molar-refractivity contribution in [1.29, 1.82) is 0 Å². The highest BCUT2D eigenvalue weighted by molar-refractivity contribution is 7.22. The molecule has 0 radical (unpaired) electrons. The highest BCUT2D eigenvalue weighted by Crippen LogP contribution is 2.30. The molecule has 2 N–H and O–H groups in total. The van der Waals surface area contributed by atoms with Crippen molar-refractivity contribution in [3.63, 3.8) is 0 Å². The summed E-state index contributed by atoms with van der Waals surface area (Å²) >= 11 is 1.27. The number of nitrogens with zero attached hydrogens (tertiary/aromatic N) is 4. The maximum absolute atomic E-state index is 13.0. The monoisotopic (exact) mass is 494 g/mol. The van der Waals surface area contributed by atoms with Crippen LogP contribution in [0.3, 0.4) is 0 Å². The van der Waals surface area contributed by atoms with E-state index in [1.165, 1.54) is 29.2 Å². The Balaban J connectivity index is 1.23. The number of piperidine rings is 1. The van der Waals surface area contributed by atoms with Crippen LogP contribution >= 0.6 is 11.3 Å². The first kappa shape index (κ1) is 23.2. The molecule has 0 bridgehead atoms. The fraction of sp³-hybridized carbons (Fsp3) is 0.417. The number of fused-ring (bicyclic) bond motifs is 1. The van der Waals surface area contributed by atoms with Crippen molar-refractivity contribution in [1.82, 2.24) is 19.9 Å². The zero-order valence-corrected chi connectivity index (χ0v) is 20.1. The van der Waals surface area contributed by atoms with Crippen molar-refractivity contribution in [3.05, 3.63) is 46.5 Å². The smallest absolute Gasteiger partial charge is 0.273 e. The van der Waals surface area contributed by atoms with Gasteiger partial charge in [-0.1, -0.05) is 11.3 Å². The molecule has 1 aromatic carbocycles. The average molecular weight is 495 g/mol. The van der Waals surface area contributed by atoms with E-state index in [2.05, 4.69) is 25.5 Å². The number of carbonyl (C=O) groups excluding carboxylic acids is 3. The van der Waals surface area contributed by atoms with Gasteiger partial charge in [0.2, 0.25) is 11.8 Å². The van der Waals surface area contributed by atoms with Crippen molar-refractivity contribution >= 4 is 50.1 Å². The Morgan fingerprint density at radius 1 is 1.09 bits per heavy atom. The lowest BCUT2D eigenvalue weighted by molar-refractivity contribution is -0.125. The Morgan fingerprint density at radius 3 is 2.46 bits per heavy atom. The molecule has 0 atom stereocenters. The Morgan fingerprint density at radius 2 is 1.80 bits per heavy atom. The Labute approximate surface area is 205 Å². The van der Waals surface area contributed by atoms with E-state index in [4.69, 9.17) is 0 Å². The Hall–Kier alpha value is -3.60. The number of thiazole rings is 1. The molecule has 1 aliphatic carbocycles. The van der Waals surface area contributed by atoms with Crippen LogP contribution in [0.1, 0.15) is 43.0 Å². The second-order valence-corrected chi connectivity index (χ2v) is 10.0. The number of benzene rings is 1. The molecule has 5 rings (SSSR count). The number of aromatic nitrogens is 3. The van der Waals surface area contributed by atoms with Crippen molar-refractivity contribution in [2.45, 2.75) is 45.2 Å². The maximum Gasteiger partial charge on any atom is 0.273 e. The van der Waals surface area contributed by atoms with Gasteiger partial charge in [0.1, 0.15) is 17.6 Å². The molecule has 0 spiro atoms. The van der Waals surface area contributed by atoms with Crippen molar-refractivity contribution in [2.75, 3.05) is 23.3 Å². The molecule has 1 saturated heterocycles. The van der Waals surface area contributed by atoms with Crippen molar-refractivity contribution in [3.8, 4) is 0 Å². The van der Waals surface area contributed by atoms with Crippen LogP contribution in [-0.2, 0) is 16.1 Å². The van der Waals surface area contributed by atoms with E-state index in [1.54, 1.807) is 24.3 Å². The van der Waals surface area contributed by atoms with Crippen molar-refractivity contribution in [2.24, 2.45) is 5.92 Å². The summed E-state index contributed by atoms with van der Waals surface area (Å²) in [6, 6.07) is 6.94. The number of amides is 2. The van der Waals surface area contributed by atoms with Crippen LogP contribution in [0.25, 0.3) is 10.3 Å². The van der Waals surface area contributed by atoms with Gasteiger partial charge >= 0.3 is 0 Å². The SMILES string of the molecule is CC(=O)c1ccc(NC(=O)Cn2cnc3nc(N4CCC(C(=O)NC5CC5)CC4)sc3c2=O)cc1. The standard InChI is InChI=1S/C24H26N6O4S/c1-14(31)15-2-4-17(5-3-15)26-19(32)12-30-13-25-21-20(23(30)34)35-24(28-21)29-10-8-16(9-11-29)22(33)27-18-6-7-18/h2-5,13,16,18H,6-12H2,1H3,(H,26,32)(H,27,33). The summed E-state index contributed by atoms with van der Waals surface area (Å²) in [4.78, 5) is 60.1. The molecule has 3 aromatic rings. The second-order valence-electron chi connectivity index (χ2n) is 9.05. The van der Waals surface area contributed by atoms with Crippen LogP contribution < -0.4 is 21.1 Å². The van der Waals surface area contributed by atoms with E-state index in [1.807, 2.05) is 0 Å². The second kappa shape index (κ2) is 9.57. The minimum Gasteiger partial charge on any atom is -0.353 e. The Bertz CT molecular complexity index is 1340. The third-order valence-corrected chi connectivity index (χ3v) is 7.42. The zero-order chi connectivity index (χ0) is 24.5. The first-order chi connectivity index (χ1) is 16.9. The van der Waals surface area contributed by atoms with Crippen LogP contribution in [0.5, 0.6) is 0 Å². The molecular weight excluding hydrogens is 468 g/mol. The van der Waals surface area contributed by atoms with E-state index in [-0.39, 0.29) is 35.6 Å². The van der Waals surface area contributed by atoms with E-state index < -0.39 is 0 Å². The number of rotatable bonds is 7. The molecule has 1 aliphatic heterocycles. The van der Waals surface area contributed by atoms with Gasteiger partial charge in [-0.05, 0) is 56.9 Å². The molecule has 11 heteroatoms. The summed E-state index contributed by atoms with van der Waals surface area (Å²) in [6.45, 7) is 2.68. The molecule has 1 saturated carbocycles. The van der Waals surface area contributed by atoms with Gasteiger partial charge in [-0.25, -0.2) is 4.98 Å². The van der Waals surface area contributed by atoms with Crippen LogP contribution in [0.2, 0.25) is 0 Å². The summed E-state index contributed by atoms with van der Waals surface area (Å²) in [5.74, 6) is -0.260. The first-order valence-corrected chi connectivity index (χ1v) is 12.5. The summed E-state index contributed by atoms with van der Waals surface area (Å²) < 4.78 is 1.66. The number of hydrogen-bond acceptors (Lipinski definition) is 8. The number of carbonyl (C=O) groups is 3. The molecular formula is C24H26N6O4S. The van der Waals surface area contributed by atoms with Crippen LogP contribution in [0, 0.1) is 5.92 Å². The van der Waals surface area contributed by atoms with Crippen molar-refractivity contribution < 1.29 is 14.4 Å². The van der Waals surface area contributed by atoms with Gasteiger partial charge in [0.15, 0.2) is 16.6 Å². The predicted molar refractivity (Wildman–Crippen MR) is 133 cm³/mol. The minimum absolute atomic E-state index is 0.0220. The van der Waals surface area contributed by atoms with Gasteiger partial charge in [-0.2, -0.15) is 4.98 Å². The van der Waals surface area contributed by atoms with Crippen LogP contribution in [0.4, 0.5) is 10.8 Å². The first-order valence-electron chi connectivity index (χ1n) is 11.7. The summed E-state index contributed by atoms with van der Waals surface area (Å²) in [5, 5.41) is 6.51. The lowest BCUT2D eigenvalue weighted by atomic mass is 9.96. The molecule has 2 aromatic heterocycles. The predicted octanol–water partition coefficient (Wildman–Crippen LogP) is 2.19. The highest BCUT2D eigenvalue weighted by atomic mass is 32.1.